The maximum Gasteiger partial charge on any atom is 0.0224 e. The molecular formula is C11H20N. The molecule has 0 spiro atoms. The number of hydrogen-bond donors (Lipinski definition) is 1. The molecule has 0 amide bonds. The third-order valence-corrected chi connectivity index (χ3v) is 3.54. The molecule has 0 aromatic rings. The molecule has 0 aromatic carbocycles. The van der Waals surface area contributed by atoms with E-state index in [1.807, 2.05) is 0 Å². The van der Waals surface area contributed by atoms with Gasteiger partial charge in [-0.2, -0.15) is 0 Å². The first-order valence-corrected chi connectivity index (χ1v) is 5.52. The van der Waals surface area contributed by atoms with Crippen LogP contribution in [0.5, 0.6) is 0 Å². The number of piperidine rings is 1. The predicted octanol–water partition coefficient (Wildman–Crippen LogP) is 2.73. The standard InChI is InChI=1S/C11H20N/c1-2-4-10(5-3-1)11-6-8-12-9-7-11/h8,10-12H,1-7,9H2. The van der Waals surface area contributed by atoms with Crippen molar-refractivity contribution in [2.75, 3.05) is 6.54 Å². The summed E-state index contributed by atoms with van der Waals surface area (Å²) in [4.78, 5) is 0. The highest BCUT2D eigenvalue weighted by atomic mass is 14.9. The monoisotopic (exact) mass is 166 g/mol. The highest BCUT2D eigenvalue weighted by molar-refractivity contribution is 4.82. The van der Waals surface area contributed by atoms with Gasteiger partial charge in [0.2, 0.25) is 0 Å². The summed E-state index contributed by atoms with van der Waals surface area (Å²) in [7, 11) is 0. The highest BCUT2D eigenvalue weighted by Gasteiger charge is 2.24. The molecule has 1 aliphatic carbocycles. The average molecular weight is 166 g/mol. The van der Waals surface area contributed by atoms with E-state index in [9.17, 15) is 0 Å². The lowest BCUT2D eigenvalue weighted by Gasteiger charge is -2.32. The second-order valence-corrected chi connectivity index (χ2v) is 4.34. The van der Waals surface area contributed by atoms with E-state index >= 15 is 0 Å². The van der Waals surface area contributed by atoms with Crippen LogP contribution in [0.25, 0.3) is 0 Å². The molecule has 1 heteroatoms. The molecule has 0 aromatic heterocycles. The van der Waals surface area contributed by atoms with E-state index < -0.39 is 0 Å². The summed E-state index contributed by atoms with van der Waals surface area (Å²) < 4.78 is 0. The van der Waals surface area contributed by atoms with Crippen molar-refractivity contribution >= 4 is 0 Å². The number of nitrogens with one attached hydrogen (secondary N) is 1. The minimum atomic E-state index is 1.02. The van der Waals surface area contributed by atoms with Crippen LogP contribution in [0.2, 0.25) is 0 Å². The Kier molecular flexibility index (Phi) is 3.04. The van der Waals surface area contributed by atoms with Crippen LogP contribution in [0.1, 0.15) is 44.9 Å². The summed E-state index contributed by atoms with van der Waals surface area (Å²) in [6.07, 6.45) is 10.2. The van der Waals surface area contributed by atoms with Crippen molar-refractivity contribution in [3.05, 3.63) is 6.54 Å². The average Bonchev–Trinajstić information content (AvgIpc) is 2.21. The maximum atomic E-state index is 3.33. The highest BCUT2D eigenvalue weighted by Crippen LogP contribution is 2.34. The van der Waals surface area contributed by atoms with Crippen molar-refractivity contribution in [1.29, 1.82) is 0 Å². The van der Waals surface area contributed by atoms with Gasteiger partial charge in [0.25, 0.3) is 0 Å². The van der Waals surface area contributed by atoms with Gasteiger partial charge in [0, 0.05) is 6.54 Å². The van der Waals surface area contributed by atoms with E-state index in [2.05, 4.69) is 11.9 Å². The fourth-order valence-electron chi connectivity index (χ4n) is 2.76. The van der Waals surface area contributed by atoms with Gasteiger partial charge < -0.3 is 5.32 Å². The largest absolute Gasteiger partial charge is 0.312 e. The molecule has 1 unspecified atom stereocenters. The molecule has 2 rings (SSSR count). The molecule has 1 saturated carbocycles. The zero-order chi connectivity index (χ0) is 8.23. The lowest BCUT2D eigenvalue weighted by molar-refractivity contribution is 0.216. The van der Waals surface area contributed by atoms with E-state index in [0.29, 0.717) is 0 Å². The Morgan fingerprint density at radius 2 is 1.75 bits per heavy atom. The Morgan fingerprint density at radius 3 is 2.42 bits per heavy atom. The Balaban J connectivity index is 1.80. The molecule has 1 aliphatic heterocycles. The fraction of sp³-hybridized carbons (Fsp3) is 0.909. The van der Waals surface area contributed by atoms with Crippen LogP contribution in [-0.2, 0) is 0 Å². The van der Waals surface area contributed by atoms with Crippen LogP contribution in [-0.4, -0.2) is 6.54 Å². The van der Waals surface area contributed by atoms with Crippen molar-refractivity contribution in [3.8, 4) is 0 Å². The molecule has 0 bridgehead atoms. The van der Waals surface area contributed by atoms with Crippen LogP contribution in [0.3, 0.4) is 0 Å². The molecule has 2 fully saturated rings. The fourth-order valence-corrected chi connectivity index (χ4v) is 2.76. The molecule has 1 atom stereocenters. The van der Waals surface area contributed by atoms with Gasteiger partial charge >= 0.3 is 0 Å². The van der Waals surface area contributed by atoms with E-state index in [1.165, 1.54) is 51.5 Å². The minimum absolute atomic E-state index is 1.02. The van der Waals surface area contributed by atoms with Crippen LogP contribution in [0, 0.1) is 18.4 Å². The quantitative estimate of drug-likeness (QED) is 0.631. The van der Waals surface area contributed by atoms with Gasteiger partial charge in [-0.3, -0.25) is 0 Å². The Morgan fingerprint density at radius 1 is 0.917 bits per heavy atom. The summed E-state index contributed by atoms with van der Waals surface area (Å²) in [5, 5.41) is 3.33. The minimum Gasteiger partial charge on any atom is -0.312 e. The molecule has 1 radical (unpaired) electrons. The van der Waals surface area contributed by atoms with Crippen molar-refractivity contribution in [3.63, 3.8) is 0 Å². The van der Waals surface area contributed by atoms with Gasteiger partial charge in [0.1, 0.15) is 0 Å². The van der Waals surface area contributed by atoms with Crippen LogP contribution >= 0.6 is 0 Å². The third kappa shape index (κ3) is 2.01. The van der Waals surface area contributed by atoms with Crippen molar-refractivity contribution < 1.29 is 0 Å². The summed E-state index contributed by atoms with van der Waals surface area (Å²) in [5.74, 6) is 2.09. The van der Waals surface area contributed by atoms with E-state index in [1.54, 1.807) is 0 Å². The first kappa shape index (κ1) is 8.55. The molecule has 1 saturated heterocycles. The first-order valence-electron chi connectivity index (χ1n) is 5.52. The number of rotatable bonds is 1. The molecule has 1 heterocycles. The van der Waals surface area contributed by atoms with Gasteiger partial charge in [-0.15, -0.1) is 0 Å². The van der Waals surface area contributed by atoms with E-state index in [0.717, 1.165) is 11.8 Å². The third-order valence-electron chi connectivity index (χ3n) is 3.54. The molecule has 2 aliphatic rings. The molecule has 69 valence electrons. The predicted molar refractivity (Wildman–Crippen MR) is 51.6 cm³/mol. The van der Waals surface area contributed by atoms with Gasteiger partial charge in [-0.25, -0.2) is 0 Å². The molecule has 12 heavy (non-hydrogen) atoms. The van der Waals surface area contributed by atoms with E-state index in [4.69, 9.17) is 0 Å². The van der Waals surface area contributed by atoms with E-state index in [-0.39, 0.29) is 0 Å². The topological polar surface area (TPSA) is 12.0 Å². The lowest BCUT2D eigenvalue weighted by Crippen LogP contribution is -2.29. The summed E-state index contributed by atoms with van der Waals surface area (Å²) in [6, 6.07) is 0. The smallest absolute Gasteiger partial charge is 0.0224 e. The van der Waals surface area contributed by atoms with Gasteiger partial charge in [-0.1, -0.05) is 32.1 Å². The summed E-state index contributed by atoms with van der Waals surface area (Å²) >= 11 is 0. The second-order valence-electron chi connectivity index (χ2n) is 4.34. The Labute approximate surface area is 75.9 Å². The van der Waals surface area contributed by atoms with Crippen molar-refractivity contribution in [2.24, 2.45) is 11.8 Å². The first-order chi connectivity index (χ1) is 5.97. The summed E-state index contributed by atoms with van der Waals surface area (Å²) in [5.41, 5.74) is 0. The maximum absolute atomic E-state index is 3.33. The zero-order valence-electron chi connectivity index (χ0n) is 7.89. The van der Waals surface area contributed by atoms with Crippen LogP contribution in [0.15, 0.2) is 0 Å². The number of hydrogen-bond acceptors (Lipinski definition) is 1. The Hall–Kier alpha value is -0.0400. The van der Waals surface area contributed by atoms with Crippen molar-refractivity contribution in [1.82, 2.24) is 5.32 Å². The zero-order valence-corrected chi connectivity index (χ0v) is 7.89. The molecule has 1 N–H and O–H groups in total. The SMILES string of the molecule is [CH]1CC(C2CCCCC2)CCN1. The van der Waals surface area contributed by atoms with Crippen LogP contribution < -0.4 is 5.32 Å². The Bertz CT molecular complexity index is 105. The van der Waals surface area contributed by atoms with Crippen LogP contribution in [0.4, 0.5) is 0 Å². The second kappa shape index (κ2) is 4.27. The molecular weight excluding hydrogens is 146 g/mol. The molecule has 1 nitrogen and oxygen atoms in total. The normalized spacial score (nSPS) is 29.0. The van der Waals surface area contributed by atoms with Gasteiger partial charge in [0.15, 0.2) is 0 Å². The van der Waals surface area contributed by atoms with Gasteiger partial charge in [0.05, 0.1) is 0 Å². The summed E-state index contributed by atoms with van der Waals surface area (Å²) in [6.45, 7) is 3.50. The van der Waals surface area contributed by atoms with Gasteiger partial charge in [-0.05, 0) is 31.2 Å². The lowest BCUT2D eigenvalue weighted by atomic mass is 9.76. The van der Waals surface area contributed by atoms with Crippen molar-refractivity contribution in [2.45, 2.75) is 44.9 Å².